The summed E-state index contributed by atoms with van der Waals surface area (Å²) in [5.74, 6) is 0.563. The van der Waals surface area contributed by atoms with E-state index in [4.69, 9.17) is 33.0 Å². The fourth-order valence-corrected chi connectivity index (χ4v) is 4.93. The zero-order chi connectivity index (χ0) is 35.3. The summed E-state index contributed by atoms with van der Waals surface area (Å²) < 4.78 is 39.2. The lowest BCUT2D eigenvalue weighted by Crippen LogP contribution is -2.40. The molecule has 4 aromatic carbocycles. The molecule has 1 saturated heterocycles. The molecule has 0 atom stereocenters. The Morgan fingerprint density at radius 2 is 1.22 bits per heavy atom. The summed E-state index contributed by atoms with van der Waals surface area (Å²) in [6.45, 7) is 9.40. The van der Waals surface area contributed by atoms with Gasteiger partial charge in [-0.1, -0.05) is 30.8 Å². The Labute approximate surface area is 292 Å². The maximum absolute atomic E-state index is 13.0. The van der Waals surface area contributed by atoms with Gasteiger partial charge in [-0.05, 0) is 116 Å². The summed E-state index contributed by atoms with van der Waals surface area (Å²) in [6.07, 6.45) is 3.39. The Hall–Kier alpha value is -5.39. The minimum Gasteiger partial charge on any atom is -0.494 e. The Morgan fingerprint density at radius 1 is 0.700 bits per heavy atom. The highest BCUT2D eigenvalue weighted by atomic mass is 16.6. The maximum Gasteiger partial charge on any atom is 0.493 e. The van der Waals surface area contributed by atoms with Gasteiger partial charge in [0.25, 0.3) is 0 Å². The highest BCUT2D eigenvalue weighted by Gasteiger charge is 2.24. The molecular weight excluding hydrogens is 639 g/mol. The van der Waals surface area contributed by atoms with E-state index in [0.29, 0.717) is 91.1 Å². The zero-order valence-electron chi connectivity index (χ0n) is 28.2. The quantitative estimate of drug-likeness (QED) is 0.0464. The van der Waals surface area contributed by atoms with Crippen molar-refractivity contribution in [1.29, 1.82) is 0 Å². The van der Waals surface area contributed by atoms with Gasteiger partial charge in [0, 0.05) is 19.3 Å². The Kier molecular flexibility index (Phi) is 12.8. The van der Waals surface area contributed by atoms with Crippen molar-refractivity contribution in [3.63, 3.8) is 0 Å². The Balaban J connectivity index is 1.08. The van der Waals surface area contributed by atoms with Gasteiger partial charge in [0.15, 0.2) is 0 Å². The van der Waals surface area contributed by atoms with Crippen molar-refractivity contribution >= 4 is 30.5 Å². The highest BCUT2D eigenvalue weighted by molar-refractivity contribution is 6.61. The van der Waals surface area contributed by atoms with Crippen LogP contribution in [0.1, 0.15) is 56.7 Å². The van der Waals surface area contributed by atoms with Gasteiger partial charge in [-0.3, -0.25) is 0 Å². The van der Waals surface area contributed by atoms with E-state index in [2.05, 4.69) is 6.58 Å². The molecule has 50 heavy (non-hydrogen) atoms. The van der Waals surface area contributed by atoms with E-state index >= 15 is 0 Å². The third kappa shape index (κ3) is 10.1. The highest BCUT2D eigenvalue weighted by Crippen LogP contribution is 2.30. The van der Waals surface area contributed by atoms with E-state index in [1.54, 1.807) is 62.4 Å². The van der Waals surface area contributed by atoms with Crippen LogP contribution in [0.2, 0.25) is 0 Å². The van der Waals surface area contributed by atoms with Gasteiger partial charge in [-0.15, -0.1) is 0 Å². The molecule has 1 aliphatic rings. The summed E-state index contributed by atoms with van der Waals surface area (Å²) in [5.41, 5.74) is 3.93. The number of rotatable bonds is 15. The number of carbonyl (C=O) groups excluding carboxylic acids is 3. The van der Waals surface area contributed by atoms with Crippen molar-refractivity contribution in [2.75, 3.05) is 26.4 Å². The predicted molar refractivity (Wildman–Crippen MR) is 187 cm³/mol. The van der Waals surface area contributed by atoms with E-state index < -0.39 is 17.9 Å². The van der Waals surface area contributed by atoms with Crippen LogP contribution < -0.4 is 24.4 Å². The fourth-order valence-electron chi connectivity index (χ4n) is 4.93. The molecular formula is C39H39BO10. The summed E-state index contributed by atoms with van der Waals surface area (Å²) in [5, 5.41) is 0. The van der Waals surface area contributed by atoms with Gasteiger partial charge in [-0.2, -0.15) is 0 Å². The van der Waals surface area contributed by atoms with Gasteiger partial charge in [-0.25, -0.2) is 14.4 Å². The summed E-state index contributed by atoms with van der Waals surface area (Å²) in [7, 11) is -0.337. The van der Waals surface area contributed by atoms with Crippen LogP contribution in [0, 0.1) is 13.8 Å². The molecule has 0 spiro atoms. The molecule has 1 aliphatic heterocycles. The fraction of sp³-hybridized carbons (Fsp3) is 0.256. The first-order valence-electron chi connectivity index (χ1n) is 16.4. The smallest absolute Gasteiger partial charge is 0.493 e. The normalized spacial score (nSPS) is 12.5. The second-order valence-electron chi connectivity index (χ2n) is 11.5. The van der Waals surface area contributed by atoms with Crippen molar-refractivity contribution < 1.29 is 47.4 Å². The SMILES string of the molecule is C=CC(=O)OCCCCOc1ccc(C(=O)Oc2ccc(OC(=O)c3ccc(COc4ccc(B5OCCCO5)cc4)cc3)c(C)c2C)cc1. The minimum absolute atomic E-state index is 0.303. The van der Waals surface area contributed by atoms with Crippen LogP contribution in [-0.2, 0) is 25.4 Å². The number of carbonyl (C=O) groups is 3. The van der Waals surface area contributed by atoms with Crippen LogP contribution in [-0.4, -0.2) is 51.5 Å². The van der Waals surface area contributed by atoms with Gasteiger partial charge in [0.1, 0.15) is 29.6 Å². The molecule has 0 unspecified atom stereocenters. The first kappa shape index (κ1) is 35.9. The number of benzene rings is 4. The molecule has 0 bridgehead atoms. The number of esters is 3. The molecule has 0 saturated carbocycles. The lowest BCUT2D eigenvalue weighted by atomic mass is 9.78. The van der Waals surface area contributed by atoms with Gasteiger partial charge in [0.2, 0.25) is 0 Å². The van der Waals surface area contributed by atoms with Crippen LogP contribution in [0.5, 0.6) is 23.0 Å². The van der Waals surface area contributed by atoms with Crippen molar-refractivity contribution in [2.24, 2.45) is 0 Å². The first-order valence-corrected chi connectivity index (χ1v) is 16.4. The third-order valence-electron chi connectivity index (χ3n) is 7.98. The standard InChI is InChI=1S/C39H39BO10/c1-4-37(41)45-23-6-5-22-44-33-16-12-31(13-17-33)39(43)50-36-21-20-35(27(2)28(36)3)49-38(42)30-10-8-29(9-11-30)26-46-34-18-14-32(15-19-34)40-47-24-7-25-48-40/h4,8-21H,1,5-7,22-26H2,2-3H3. The third-order valence-corrected chi connectivity index (χ3v) is 7.98. The Morgan fingerprint density at radius 3 is 1.80 bits per heavy atom. The second-order valence-corrected chi connectivity index (χ2v) is 11.5. The summed E-state index contributed by atoms with van der Waals surface area (Å²) in [6, 6.07) is 24.5. The second kappa shape index (κ2) is 17.8. The van der Waals surface area contributed by atoms with E-state index in [0.717, 1.165) is 23.5 Å². The topological polar surface area (TPSA) is 116 Å². The van der Waals surface area contributed by atoms with E-state index in [9.17, 15) is 14.4 Å². The lowest BCUT2D eigenvalue weighted by molar-refractivity contribution is -0.137. The van der Waals surface area contributed by atoms with E-state index in [-0.39, 0.29) is 7.12 Å². The molecule has 4 aromatic rings. The minimum atomic E-state index is -0.530. The molecule has 0 radical (unpaired) electrons. The maximum atomic E-state index is 13.0. The predicted octanol–water partition coefficient (Wildman–Crippen LogP) is 6.34. The molecule has 0 amide bonds. The summed E-state index contributed by atoms with van der Waals surface area (Å²) >= 11 is 0. The first-order chi connectivity index (χ1) is 24.3. The average molecular weight is 679 g/mol. The number of ether oxygens (including phenoxy) is 5. The van der Waals surface area contributed by atoms with Crippen LogP contribution in [0.15, 0.2) is 97.6 Å². The van der Waals surface area contributed by atoms with Gasteiger partial charge >= 0.3 is 25.0 Å². The Bertz CT molecular complexity index is 1760. The number of hydrogen-bond acceptors (Lipinski definition) is 10. The van der Waals surface area contributed by atoms with E-state index in [1.807, 2.05) is 36.4 Å². The summed E-state index contributed by atoms with van der Waals surface area (Å²) in [4.78, 5) is 36.9. The molecule has 0 N–H and O–H groups in total. The number of unbranched alkanes of at least 4 members (excludes halogenated alkanes) is 1. The van der Waals surface area contributed by atoms with Crippen LogP contribution in [0.3, 0.4) is 0 Å². The van der Waals surface area contributed by atoms with Crippen molar-refractivity contribution in [3.05, 3.63) is 125 Å². The number of hydrogen-bond donors (Lipinski definition) is 0. The molecule has 258 valence electrons. The molecule has 11 heteroatoms. The zero-order valence-corrected chi connectivity index (χ0v) is 28.2. The molecule has 0 aromatic heterocycles. The molecule has 0 aliphatic carbocycles. The van der Waals surface area contributed by atoms with Gasteiger partial charge in [0.05, 0.1) is 24.3 Å². The monoisotopic (exact) mass is 678 g/mol. The van der Waals surface area contributed by atoms with Crippen LogP contribution in [0.25, 0.3) is 0 Å². The van der Waals surface area contributed by atoms with Crippen LogP contribution in [0.4, 0.5) is 0 Å². The largest absolute Gasteiger partial charge is 0.494 e. The van der Waals surface area contributed by atoms with Crippen molar-refractivity contribution in [1.82, 2.24) is 0 Å². The molecule has 1 fully saturated rings. The van der Waals surface area contributed by atoms with Gasteiger partial charge < -0.3 is 33.0 Å². The molecule has 10 nitrogen and oxygen atoms in total. The van der Waals surface area contributed by atoms with E-state index in [1.165, 1.54) is 0 Å². The lowest BCUT2D eigenvalue weighted by Gasteiger charge is -2.20. The molecule has 5 rings (SSSR count). The van der Waals surface area contributed by atoms with Crippen molar-refractivity contribution in [2.45, 2.75) is 39.7 Å². The molecule has 1 heterocycles. The average Bonchev–Trinajstić information content (AvgIpc) is 3.16. The van der Waals surface area contributed by atoms with Crippen LogP contribution >= 0.6 is 0 Å². The van der Waals surface area contributed by atoms with Crippen molar-refractivity contribution in [3.8, 4) is 23.0 Å².